The van der Waals surface area contributed by atoms with Crippen molar-refractivity contribution >= 4 is 32.2 Å². The van der Waals surface area contributed by atoms with Crippen molar-refractivity contribution in [2.24, 2.45) is 0 Å². The van der Waals surface area contributed by atoms with Crippen LogP contribution in [0.1, 0.15) is 23.1 Å². The zero-order chi connectivity index (χ0) is 21.6. The van der Waals surface area contributed by atoms with Gasteiger partial charge in [0.15, 0.2) is 16.4 Å². The number of ether oxygens (including phenoxy) is 1. The molecule has 0 spiro atoms. The van der Waals surface area contributed by atoms with E-state index >= 15 is 0 Å². The summed E-state index contributed by atoms with van der Waals surface area (Å²) in [7, 11) is -3.40. The zero-order valence-electron chi connectivity index (χ0n) is 16.8. The first-order chi connectivity index (χ1) is 14.4. The van der Waals surface area contributed by atoms with Crippen molar-refractivity contribution in [1.82, 2.24) is 10.2 Å². The number of nitrogens with one attached hydrogen (secondary N) is 1. The smallest absolute Gasteiger partial charge is 0.264 e. The standard InChI is InChI=1S/C21H23N3O4S2/c1-3-16-6-8-17(9-7-16)28-14-19(25)22-21-24-23-20(29-21)12-13-30(26,27)18-10-4-15(2)5-11-18/h4-11H,3,12-14H2,1-2H3,(H,22,24,25). The number of sulfone groups is 1. The molecule has 3 rings (SSSR count). The van der Waals surface area contributed by atoms with Crippen LogP contribution in [0.2, 0.25) is 0 Å². The van der Waals surface area contributed by atoms with Gasteiger partial charge in [0.25, 0.3) is 5.91 Å². The van der Waals surface area contributed by atoms with Gasteiger partial charge in [0.2, 0.25) is 5.13 Å². The van der Waals surface area contributed by atoms with Crippen LogP contribution >= 0.6 is 11.3 Å². The largest absolute Gasteiger partial charge is 0.484 e. The highest BCUT2D eigenvalue weighted by Gasteiger charge is 2.16. The van der Waals surface area contributed by atoms with Gasteiger partial charge in [0.1, 0.15) is 10.8 Å². The van der Waals surface area contributed by atoms with Gasteiger partial charge in [0, 0.05) is 6.42 Å². The summed E-state index contributed by atoms with van der Waals surface area (Å²) in [4.78, 5) is 12.3. The van der Waals surface area contributed by atoms with Crippen molar-refractivity contribution in [2.45, 2.75) is 31.6 Å². The number of aryl methyl sites for hydroxylation is 3. The Balaban J connectivity index is 1.49. The van der Waals surface area contributed by atoms with E-state index < -0.39 is 9.84 Å². The first-order valence-electron chi connectivity index (χ1n) is 9.49. The Bertz CT molecular complexity index is 1090. The van der Waals surface area contributed by atoms with Crippen LogP contribution in [0.4, 0.5) is 5.13 Å². The van der Waals surface area contributed by atoms with Gasteiger partial charge in [-0.1, -0.05) is 48.1 Å². The van der Waals surface area contributed by atoms with Gasteiger partial charge >= 0.3 is 0 Å². The Morgan fingerprint density at radius 3 is 2.43 bits per heavy atom. The summed E-state index contributed by atoms with van der Waals surface area (Å²) in [6.07, 6.45) is 1.16. The molecule has 0 saturated heterocycles. The summed E-state index contributed by atoms with van der Waals surface area (Å²) >= 11 is 1.15. The van der Waals surface area contributed by atoms with Crippen molar-refractivity contribution in [1.29, 1.82) is 0 Å². The van der Waals surface area contributed by atoms with E-state index in [2.05, 4.69) is 22.4 Å². The van der Waals surface area contributed by atoms with Crippen LogP contribution < -0.4 is 10.1 Å². The highest BCUT2D eigenvalue weighted by atomic mass is 32.2. The third kappa shape index (κ3) is 6.11. The first-order valence-corrected chi connectivity index (χ1v) is 12.0. The van der Waals surface area contributed by atoms with Crippen molar-refractivity contribution < 1.29 is 17.9 Å². The molecule has 0 aliphatic carbocycles. The van der Waals surface area contributed by atoms with E-state index in [4.69, 9.17) is 4.74 Å². The van der Waals surface area contributed by atoms with E-state index in [9.17, 15) is 13.2 Å². The molecule has 1 aromatic heterocycles. The zero-order valence-corrected chi connectivity index (χ0v) is 18.4. The maximum Gasteiger partial charge on any atom is 0.264 e. The van der Waals surface area contributed by atoms with Crippen LogP contribution in [0.3, 0.4) is 0 Å². The molecule has 0 aliphatic heterocycles. The lowest BCUT2D eigenvalue weighted by atomic mass is 10.2. The van der Waals surface area contributed by atoms with E-state index in [0.717, 1.165) is 23.3 Å². The Hall–Kier alpha value is -2.78. The predicted molar refractivity (Wildman–Crippen MR) is 117 cm³/mol. The van der Waals surface area contributed by atoms with Crippen LogP contribution in [0.15, 0.2) is 53.4 Å². The van der Waals surface area contributed by atoms with Crippen LogP contribution in [0.25, 0.3) is 0 Å². The fourth-order valence-electron chi connectivity index (χ4n) is 2.62. The Morgan fingerprint density at radius 2 is 1.77 bits per heavy atom. The average molecular weight is 446 g/mol. The average Bonchev–Trinajstić information content (AvgIpc) is 3.19. The van der Waals surface area contributed by atoms with Gasteiger partial charge in [-0.25, -0.2) is 8.42 Å². The van der Waals surface area contributed by atoms with Gasteiger partial charge in [-0.15, -0.1) is 10.2 Å². The summed E-state index contributed by atoms with van der Waals surface area (Å²) in [5.41, 5.74) is 2.19. The molecule has 3 aromatic rings. The number of carbonyl (C=O) groups is 1. The third-order valence-electron chi connectivity index (χ3n) is 4.38. The lowest BCUT2D eigenvalue weighted by Crippen LogP contribution is -2.20. The molecule has 7 nitrogen and oxygen atoms in total. The molecule has 2 aromatic carbocycles. The molecule has 9 heteroatoms. The SMILES string of the molecule is CCc1ccc(OCC(=O)Nc2nnc(CCS(=O)(=O)c3ccc(C)cc3)s2)cc1. The molecule has 0 radical (unpaired) electrons. The monoisotopic (exact) mass is 445 g/mol. The minimum absolute atomic E-state index is 0.0739. The normalized spacial score (nSPS) is 11.3. The summed E-state index contributed by atoms with van der Waals surface area (Å²) < 4.78 is 30.3. The molecule has 1 amide bonds. The molecule has 30 heavy (non-hydrogen) atoms. The molecule has 0 unspecified atom stereocenters. The molecule has 0 atom stereocenters. The predicted octanol–water partition coefficient (Wildman–Crippen LogP) is 3.44. The van der Waals surface area contributed by atoms with Crippen molar-refractivity contribution in [2.75, 3.05) is 17.7 Å². The number of benzene rings is 2. The van der Waals surface area contributed by atoms with Crippen LogP contribution in [0, 0.1) is 6.92 Å². The number of aromatic nitrogens is 2. The molecule has 0 aliphatic rings. The minimum atomic E-state index is -3.40. The van der Waals surface area contributed by atoms with E-state index in [1.54, 1.807) is 24.3 Å². The topological polar surface area (TPSA) is 98.2 Å². The molecular formula is C21H23N3O4S2. The second-order valence-electron chi connectivity index (χ2n) is 6.72. The number of hydrogen-bond donors (Lipinski definition) is 1. The van der Waals surface area contributed by atoms with Gasteiger partial charge < -0.3 is 4.74 Å². The first kappa shape index (κ1) is 21.9. The van der Waals surface area contributed by atoms with Gasteiger partial charge in [-0.2, -0.15) is 0 Å². The van der Waals surface area contributed by atoms with Crippen LogP contribution in [-0.4, -0.2) is 36.9 Å². The maximum absolute atomic E-state index is 12.4. The van der Waals surface area contributed by atoms with Crippen molar-refractivity contribution in [3.63, 3.8) is 0 Å². The fourth-order valence-corrected chi connectivity index (χ4v) is 4.75. The summed E-state index contributed by atoms with van der Waals surface area (Å²) in [6, 6.07) is 14.3. The highest BCUT2D eigenvalue weighted by Crippen LogP contribution is 2.19. The minimum Gasteiger partial charge on any atom is -0.484 e. The molecule has 0 fully saturated rings. The number of amides is 1. The third-order valence-corrected chi connectivity index (χ3v) is 7.01. The summed E-state index contributed by atoms with van der Waals surface area (Å²) in [5.74, 6) is 0.182. The summed E-state index contributed by atoms with van der Waals surface area (Å²) in [6.45, 7) is 3.82. The Kier molecular flexibility index (Phi) is 7.17. The Labute approximate surface area is 180 Å². The quantitative estimate of drug-likeness (QED) is 0.542. The molecule has 1 N–H and O–H groups in total. The Morgan fingerprint density at radius 1 is 1.07 bits per heavy atom. The van der Waals surface area contributed by atoms with E-state index in [0.29, 0.717) is 15.9 Å². The lowest BCUT2D eigenvalue weighted by Gasteiger charge is -2.06. The number of carbonyl (C=O) groups excluding carboxylic acids is 1. The molecule has 0 bridgehead atoms. The fraction of sp³-hybridized carbons (Fsp3) is 0.286. The van der Waals surface area contributed by atoms with E-state index in [1.807, 2.05) is 31.2 Å². The number of rotatable bonds is 9. The van der Waals surface area contributed by atoms with E-state index in [-0.39, 0.29) is 29.6 Å². The molecule has 158 valence electrons. The van der Waals surface area contributed by atoms with Gasteiger partial charge in [-0.3, -0.25) is 10.1 Å². The number of nitrogens with zero attached hydrogens (tertiary/aromatic N) is 2. The molecular weight excluding hydrogens is 422 g/mol. The number of hydrogen-bond acceptors (Lipinski definition) is 7. The number of anilines is 1. The highest BCUT2D eigenvalue weighted by molar-refractivity contribution is 7.91. The van der Waals surface area contributed by atoms with Gasteiger partial charge in [-0.05, 0) is 43.2 Å². The molecule has 1 heterocycles. The van der Waals surface area contributed by atoms with Crippen molar-refractivity contribution in [3.05, 3.63) is 64.7 Å². The van der Waals surface area contributed by atoms with Crippen LogP contribution in [-0.2, 0) is 27.5 Å². The van der Waals surface area contributed by atoms with Gasteiger partial charge in [0.05, 0.1) is 10.6 Å². The second-order valence-corrected chi connectivity index (χ2v) is 9.89. The van der Waals surface area contributed by atoms with Crippen molar-refractivity contribution in [3.8, 4) is 5.75 Å². The second kappa shape index (κ2) is 9.82. The maximum atomic E-state index is 12.4. The summed E-state index contributed by atoms with van der Waals surface area (Å²) in [5, 5.41) is 11.3. The van der Waals surface area contributed by atoms with E-state index in [1.165, 1.54) is 5.56 Å². The lowest BCUT2D eigenvalue weighted by molar-refractivity contribution is -0.118. The molecule has 0 saturated carbocycles. The van der Waals surface area contributed by atoms with Crippen LogP contribution in [0.5, 0.6) is 5.75 Å².